The number of aromatic nitrogens is 1. The summed E-state index contributed by atoms with van der Waals surface area (Å²) < 4.78 is 3.74. The molecule has 83 heavy (non-hydrogen) atoms. The molecule has 0 bridgehead atoms. The summed E-state index contributed by atoms with van der Waals surface area (Å²) in [7, 11) is 0. The molecular weight excluding hydrogens is 1020 g/mol. The number of rotatable bonds is 16. The highest BCUT2D eigenvalue weighted by atomic mass is 32.1. The van der Waals surface area contributed by atoms with Crippen LogP contribution < -0.4 is 5.32 Å². The SMILES string of the molecule is C=C.C=C/C=C(\C=C(/CC)C1=NC(c2ccccc2)=NC(C2=C=CC3=C(C=C2)c2ccccc2C3)N1)n1c(/C=C\CC)c(C)c2cccc(-c3cccc(-c4ccc5c(/C=C\CC)c(C)sc5c4)c3)c21.C=C/C=C\C=C/C.C=CCC.CC. The van der Waals surface area contributed by atoms with E-state index < -0.39 is 6.17 Å². The maximum atomic E-state index is 5.29. The minimum absolute atomic E-state index is 0.400. The van der Waals surface area contributed by atoms with Crippen LogP contribution in [0.25, 0.3) is 66.7 Å². The van der Waals surface area contributed by atoms with Crippen molar-refractivity contribution in [2.24, 2.45) is 9.98 Å². The Kier molecular flexibility index (Phi) is 24.8. The largest absolute Gasteiger partial charge is 0.344 e. The van der Waals surface area contributed by atoms with Gasteiger partial charge in [0, 0.05) is 43.1 Å². The van der Waals surface area contributed by atoms with Gasteiger partial charge in [0.05, 0.1) is 5.52 Å². The zero-order chi connectivity index (χ0) is 59.7. The van der Waals surface area contributed by atoms with Gasteiger partial charge in [-0.2, -0.15) is 0 Å². The number of allylic oxidation sites excluding steroid dienone is 15. The number of aryl methyl sites for hydroxylation is 2. The summed E-state index contributed by atoms with van der Waals surface area (Å²) in [6, 6.07) is 41.7. The minimum Gasteiger partial charge on any atom is -0.344 e. The lowest BCUT2D eigenvalue weighted by molar-refractivity contribution is 0.729. The molecule has 10 rings (SSSR count). The summed E-state index contributed by atoms with van der Waals surface area (Å²) in [5.74, 6) is 1.48. The van der Waals surface area contributed by atoms with Gasteiger partial charge < -0.3 is 9.88 Å². The molecule has 1 atom stereocenters. The third kappa shape index (κ3) is 15.4. The zero-order valence-electron chi connectivity index (χ0n) is 50.6. The molecule has 0 spiro atoms. The number of para-hydroxylation sites is 1. The molecule has 3 heterocycles. The van der Waals surface area contributed by atoms with E-state index in [0.717, 1.165) is 77.1 Å². The smallest absolute Gasteiger partial charge is 0.159 e. The van der Waals surface area contributed by atoms with E-state index in [-0.39, 0.29) is 0 Å². The first-order chi connectivity index (χ1) is 40.7. The van der Waals surface area contributed by atoms with Crippen molar-refractivity contribution in [1.82, 2.24) is 9.88 Å². The Labute approximate surface area is 501 Å². The van der Waals surface area contributed by atoms with Gasteiger partial charge in [-0.05, 0) is 156 Å². The van der Waals surface area contributed by atoms with Crippen LogP contribution in [0.1, 0.15) is 113 Å². The number of benzene rings is 5. The second-order valence-electron chi connectivity index (χ2n) is 19.4. The van der Waals surface area contributed by atoms with E-state index in [0.29, 0.717) is 5.84 Å². The van der Waals surface area contributed by atoms with Crippen molar-refractivity contribution in [3.8, 4) is 22.3 Å². The lowest BCUT2D eigenvalue weighted by Gasteiger charge is -2.25. The van der Waals surface area contributed by atoms with Crippen molar-refractivity contribution in [1.29, 1.82) is 0 Å². The van der Waals surface area contributed by atoms with E-state index in [1.807, 2.05) is 86.8 Å². The summed E-state index contributed by atoms with van der Waals surface area (Å²) in [6.07, 6.45) is 37.6. The van der Waals surface area contributed by atoms with Gasteiger partial charge in [0.15, 0.2) is 12.0 Å². The second kappa shape index (κ2) is 32.5. The Hall–Kier alpha value is -8.86. The average molecular weight is 1110 g/mol. The van der Waals surface area contributed by atoms with Crippen LogP contribution in [0.4, 0.5) is 0 Å². The minimum atomic E-state index is -0.400. The van der Waals surface area contributed by atoms with Gasteiger partial charge in [0.25, 0.3) is 0 Å². The van der Waals surface area contributed by atoms with E-state index in [1.165, 1.54) is 70.4 Å². The first-order valence-electron chi connectivity index (χ1n) is 29.3. The molecule has 422 valence electrons. The molecule has 0 saturated carbocycles. The van der Waals surface area contributed by atoms with Gasteiger partial charge in [-0.1, -0.05) is 225 Å². The van der Waals surface area contributed by atoms with Gasteiger partial charge in [0.1, 0.15) is 5.84 Å². The Bertz CT molecular complexity index is 3800. The fourth-order valence-corrected chi connectivity index (χ4v) is 11.1. The molecule has 1 aliphatic heterocycles. The first-order valence-corrected chi connectivity index (χ1v) is 30.1. The molecule has 5 aromatic carbocycles. The van der Waals surface area contributed by atoms with Crippen LogP contribution in [0.2, 0.25) is 0 Å². The van der Waals surface area contributed by atoms with E-state index in [2.05, 4.69) is 242 Å². The van der Waals surface area contributed by atoms with Crippen LogP contribution in [-0.4, -0.2) is 22.4 Å². The quantitative estimate of drug-likeness (QED) is 0.0585. The van der Waals surface area contributed by atoms with Crippen molar-refractivity contribution < 1.29 is 0 Å². The molecule has 1 N–H and O–H groups in total. The highest BCUT2D eigenvalue weighted by molar-refractivity contribution is 7.19. The number of fused-ring (bicyclic) bond motifs is 4. The number of nitrogens with one attached hydrogen (secondary N) is 1. The molecule has 0 radical (unpaired) electrons. The number of amidine groups is 2. The molecule has 2 aliphatic carbocycles. The summed E-state index contributed by atoms with van der Waals surface area (Å²) in [6.45, 7) is 36.3. The molecule has 1 unspecified atom stereocenters. The number of aliphatic imine (C=N–C) groups is 2. The standard InChI is InChI=1S/C63H56N4S.C7H10.C4H8.C2H6.C2H4/c1-7-11-26-53-42(6)68-59-40-47(34-36-57(53)59)46-24-18-25-49(37-46)56-29-19-28-52-41(5)58(30-12-8-2)67(60(52)56)51(20-9-3)39-43(10-4)61-64-62(44-21-14-13-15-22-44)66-63(65-61)45-31-32-50-38-48-23-16-17-27-54(48)55(50)35-33-45;1-3-5-7-6-4-2;1-3-4-2;2*1-2/h9,11-30,32-37,39-40,63H,3,7-8,10,38H2,1-2,4-6H3,(H,64,65,66);3-7H,1H2,2H3;3H,1,4H2,2H3;1-2H3;1-2H2/b26-11-,30-12-,43-39+,51-20+;6-4-,7-5-;;;. The van der Waals surface area contributed by atoms with Crippen molar-refractivity contribution in [3.05, 3.63) is 294 Å². The molecule has 7 aromatic rings. The predicted molar refractivity (Wildman–Crippen MR) is 372 cm³/mol. The monoisotopic (exact) mass is 1110 g/mol. The predicted octanol–water partition coefficient (Wildman–Crippen LogP) is 22.2. The molecule has 4 nitrogen and oxygen atoms in total. The number of thiophene rings is 1. The van der Waals surface area contributed by atoms with Gasteiger partial charge in [-0.15, -0.1) is 36.8 Å². The van der Waals surface area contributed by atoms with Gasteiger partial charge in [-0.25, -0.2) is 9.98 Å². The summed E-state index contributed by atoms with van der Waals surface area (Å²) in [4.78, 5) is 11.9. The van der Waals surface area contributed by atoms with Crippen LogP contribution in [0.5, 0.6) is 0 Å². The highest BCUT2D eigenvalue weighted by Crippen LogP contribution is 2.41. The fraction of sp³-hybridized carbons (Fsp3) is 0.192. The number of nitrogens with zero attached hydrogens (tertiary/aromatic N) is 3. The summed E-state index contributed by atoms with van der Waals surface area (Å²) in [5.41, 5.74) is 22.4. The van der Waals surface area contributed by atoms with E-state index in [9.17, 15) is 0 Å². The van der Waals surface area contributed by atoms with Crippen LogP contribution in [0.15, 0.2) is 266 Å². The van der Waals surface area contributed by atoms with Crippen LogP contribution in [-0.2, 0) is 6.42 Å². The Morgan fingerprint density at radius 1 is 0.723 bits per heavy atom. The molecule has 0 amide bonds. The average Bonchev–Trinajstić information content (AvgIpc) is 3.61. The van der Waals surface area contributed by atoms with Crippen LogP contribution >= 0.6 is 11.3 Å². The molecule has 0 fully saturated rings. The molecule has 3 aliphatic rings. The Balaban J connectivity index is 0.000000663. The maximum absolute atomic E-state index is 5.29. The Morgan fingerprint density at radius 2 is 1.41 bits per heavy atom. The molecule has 5 heteroatoms. The lowest BCUT2D eigenvalue weighted by Crippen LogP contribution is -2.40. The first kappa shape index (κ1) is 63.3. The lowest BCUT2D eigenvalue weighted by atomic mass is 9.96. The van der Waals surface area contributed by atoms with Crippen molar-refractivity contribution in [2.75, 3.05) is 0 Å². The fourth-order valence-electron chi connectivity index (χ4n) is 10.0. The third-order valence-corrected chi connectivity index (χ3v) is 15.2. The third-order valence-electron chi connectivity index (χ3n) is 14.1. The van der Waals surface area contributed by atoms with Crippen molar-refractivity contribution in [2.45, 2.75) is 101 Å². The molecular formula is C78H84N4S. The van der Waals surface area contributed by atoms with Gasteiger partial charge in [0.2, 0.25) is 0 Å². The van der Waals surface area contributed by atoms with E-state index in [1.54, 1.807) is 6.08 Å². The van der Waals surface area contributed by atoms with Crippen molar-refractivity contribution >= 4 is 67.4 Å². The topological polar surface area (TPSA) is 41.7 Å². The molecule has 0 saturated heterocycles. The Morgan fingerprint density at radius 3 is 2.12 bits per heavy atom. The number of hydrogen-bond donors (Lipinski definition) is 1. The van der Waals surface area contributed by atoms with E-state index in [4.69, 9.17) is 9.98 Å². The van der Waals surface area contributed by atoms with Crippen molar-refractivity contribution in [3.63, 3.8) is 0 Å². The zero-order valence-corrected chi connectivity index (χ0v) is 51.4. The van der Waals surface area contributed by atoms with Gasteiger partial charge in [-0.3, -0.25) is 0 Å². The maximum Gasteiger partial charge on any atom is 0.159 e. The summed E-state index contributed by atoms with van der Waals surface area (Å²) >= 11 is 1.88. The highest BCUT2D eigenvalue weighted by Gasteiger charge is 2.26. The molecule has 2 aromatic heterocycles. The summed E-state index contributed by atoms with van der Waals surface area (Å²) in [5, 5.41) is 6.32. The van der Waals surface area contributed by atoms with E-state index >= 15 is 0 Å². The van der Waals surface area contributed by atoms with Gasteiger partial charge >= 0.3 is 0 Å². The second-order valence-corrected chi connectivity index (χ2v) is 20.7. The van der Waals surface area contributed by atoms with Crippen LogP contribution in [0, 0.1) is 13.8 Å². The number of hydrogen-bond acceptors (Lipinski definition) is 4. The van der Waals surface area contributed by atoms with Crippen LogP contribution in [0.3, 0.4) is 0 Å². The normalized spacial score (nSPS) is 14.5.